The second-order valence-electron chi connectivity index (χ2n) is 11.8. The van der Waals surface area contributed by atoms with Crippen LogP contribution in [-0.2, 0) is 36.6 Å². The van der Waals surface area contributed by atoms with Crippen LogP contribution >= 0.6 is 0 Å². The fourth-order valence-corrected chi connectivity index (χ4v) is 6.78. The van der Waals surface area contributed by atoms with Crippen molar-refractivity contribution in [1.29, 1.82) is 0 Å². The number of carbonyl (C=O) groups is 1. The van der Waals surface area contributed by atoms with Gasteiger partial charge in [-0.2, -0.15) is 0 Å². The standard InChI is InChI=1S/C38H44N2O7/c1-3-46-38-31(14-17-44-19-20-45-18-16-41)34(30-10-6-9-29-28-8-5-4-7-25(28)21-33(29)30)23-36(47-38)37(42)39-15-13-26-24-40-35-12-11-27(43-2)22-32(26)35/h4-12,22-24,31,34,38,40-41H,3,13-21H2,1-2H3,(H,39,42)/t31-,34+,38+/m1/s1. The Kier molecular flexibility index (Phi) is 10.9. The number of aromatic nitrogens is 1. The van der Waals surface area contributed by atoms with Crippen LogP contribution in [0.4, 0.5) is 0 Å². The SMILES string of the molecule is CCO[C@H]1OC(C(=O)NCCc2c[nH]c3ccc(OC)cc23)=C[C@@H](c2cccc3c2Cc2ccccc2-3)[C@H]1CCOCCOCCO. The van der Waals surface area contributed by atoms with Gasteiger partial charge < -0.3 is 39.1 Å². The molecule has 3 aromatic carbocycles. The predicted molar refractivity (Wildman–Crippen MR) is 180 cm³/mol. The molecule has 47 heavy (non-hydrogen) atoms. The minimum absolute atomic E-state index is 0.0110. The maximum absolute atomic E-state index is 13.7. The van der Waals surface area contributed by atoms with Crippen molar-refractivity contribution in [2.75, 3.05) is 53.3 Å². The van der Waals surface area contributed by atoms with Crippen LogP contribution in [-0.4, -0.2) is 75.6 Å². The van der Waals surface area contributed by atoms with Gasteiger partial charge in [0.15, 0.2) is 5.76 Å². The van der Waals surface area contributed by atoms with Gasteiger partial charge in [-0.05, 0) is 83.8 Å². The number of methoxy groups -OCH3 is 1. The molecule has 3 atom stereocenters. The Morgan fingerprint density at radius 1 is 1.02 bits per heavy atom. The molecule has 0 fully saturated rings. The molecule has 1 amide bonds. The minimum Gasteiger partial charge on any atom is -0.497 e. The molecule has 6 rings (SSSR count). The Hall–Kier alpha value is -4.15. The van der Waals surface area contributed by atoms with Gasteiger partial charge in [-0.25, -0.2) is 0 Å². The van der Waals surface area contributed by atoms with Crippen LogP contribution in [0.25, 0.3) is 22.0 Å². The summed E-state index contributed by atoms with van der Waals surface area (Å²) in [6.07, 6.45) is 5.50. The van der Waals surface area contributed by atoms with E-state index in [0.29, 0.717) is 52.4 Å². The zero-order chi connectivity index (χ0) is 32.6. The third kappa shape index (κ3) is 7.39. The molecule has 0 saturated heterocycles. The number of hydrogen-bond donors (Lipinski definition) is 3. The van der Waals surface area contributed by atoms with Crippen LogP contribution < -0.4 is 10.1 Å². The monoisotopic (exact) mass is 640 g/mol. The average molecular weight is 641 g/mol. The van der Waals surface area contributed by atoms with E-state index in [1.54, 1.807) is 7.11 Å². The highest BCUT2D eigenvalue weighted by atomic mass is 16.7. The molecule has 0 unspecified atom stereocenters. The van der Waals surface area contributed by atoms with Gasteiger partial charge >= 0.3 is 0 Å². The van der Waals surface area contributed by atoms with E-state index in [2.05, 4.69) is 52.8 Å². The molecule has 9 heteroatoms. The summed E-state index contributed by atoms with van der Waals surface area (Å²) in [5.41, 5.74) is 8.40. The lowest BCUT2D eigenvalue weighted by Gasteiger charge is -2.37. The summed E-state index contributed by atoms with van der Waals surface area (Å²) in [6, 6.07) is 20.9. The number of carbonyl (C=O) groups excluding carboxylic acids is 1. The van der Waals surface area contributed by atoms with E-state index in [0.717, 1.165) is 28.6 Å². The Morgan fingerprint density at radius 2 is 1.85 bits per heavy atom. The van der Waals surface area contributed by atoms with E-state index in [4.69, 9.17) is 28.8 Å². The van der Waals surface area contributed by atoms with Gasteiger partial charge in [0.2, 0.25) is 6.29 Å². The van der Waals surface area contributed by atoms with Crippen molar-refractivity contribution in [2.24, 2.45) is 5.92 Å². The Morgan fingerprint density at radius 3 is 2.68 bits per heavy atom. The van der Waals surface area contributed by atoms with Crippen LogP contribution in [0, 0.1) is 5.92 Å². The fourth-order valence-electron chi connectivity index (χ4n) is 6.78. The number of hydrogen-bond acceptors (Lipinski definition) is 7. The van der Waals surface area contributed by atoms with Crippen molar-refractivity contribution in [3.63, 3.8) is 0 Å². The van der Waals surface area contributed by atoms with Gasteiger partial charge in [-0.1, -0.05) is 42.5 Å². The van der Waals surface area contributed by atoms with Crippen molar-refractivity contribution < 1.29 is 33.6 Å². The highest BCUT2D eigenvalue weighted by molar-refractivity contribution is 5.92. The zero-order valence-corrected chi connectivity index (χ0v) is 27.1. The van der Waals surface area contributed by atoms with Crippen LogP contribution in [0.3, 0.4) is 0 Å². The van der Waals surface area contributed by atoms with Gasteiger partial charge in [0, 0.05) is 48.7 Å². The van der Waals surface area contributed by atoms with Crippen molar-refractivity contribution >= 4 is 16.8 Å². The minimum atomic E-state index is -0.620. The summed E-state index contributed by atoms with van der Waals surface area (Å²) in [5.74, 6) is 0.601. The highest BCUT2D eigenvalue weighted by Crippen LogP contribution is 2.45. The summed E-state index contributed by atoms with van der Waals surface area (Å²) in [6.45, 7) is 4.44. The molecule has 4 aromatic rings. The maximum atomic E-state index is 13.7. The van der Waals surface area contributed by atoms with E-state index >= 15 is 0 Å². The Labute approximate surface area is 275 Å². The van der Waals surface area contributed by atoms with Gasteiger partial charge in [0.1, 0.15) is 5.75 Å². The smallest absolute Gasteiger partial charge is 0.286 e. The van der Waals surface area contributed by atoms with Crippen LogP contribution in [0.2, 0.25) is 0 Å². The summed E-state index contributed by atoms with van der Waals surface area (Å²) < 4.78 is 29.2. The first-order valence-electron chi connectivity index (χ1n) is 16.5. The molecule has 1 aliphatic heterocycles. The number of aliphatic hydroxyl groups is 1. The summed E-state index contributed by atoms with van der Waals surface area (Å²) in [4.78, 5) is 17.0. The lowest BCUT2D eigenvalue weighted by molar-refractivity contribution is -0.168. The molecule has 0 bridgehead atoms. The summed E-state index contributed by atoms with van der Waals surface area (Å²) >= 11 is 0. The normalized spacial score (nSPS) is 18.4. The summed E-state index contributed by atoms with van der Waals surface area (Å²) in [5, 5.41) is 13.1. The van der Waals surface area contributed by atoms with Gasteiger partial charge in [0.25, 0.3) is 5.91 Å². The molecule has 9 nitrogen and oxygen atoms in total. The number of fused-ring (bicyclic) bond motifs is 4. The van der Waals surface area contributed by atoms with Gasteiger partial charge in [0.05, 0.1) is 33.5 Å². The molecule has 248 valence electrons. The highest BCUT2D eigenvalue weighted by Gasteiger charge is 2.39. The molecule has 1 aromatic heterocycles. The largest absolute Gasteiger partial charge is 0.497 e. The van der Waals surface area contributed by atoms with Crippen LogP contribution in [0.15, 0.2) is 78.7 Å². The number of allylic oxidation sites excluding steroid dienone is 1. The molecular weight excluding hydrogens is 596 g/mol. The third-order valence-electron chi connectivity index (χ3n) is 9.04. The summed E-state index contributed by atoms with van der Waals surface area (Å²) in [7, 11) is 1.66. The lowest BCUT2D eigenvalue weighted by Crippen LogP contribution is -2.40. The first-order chi connectivity index (χ1) is 23.1. The number of ether oxygens (including phenoxy) is 5. The Bertz CT molecular complexity index is 1700. The number of aromatic amines is 1. The second-order valence-corrected chi connectivity index (χ2v) is 11.8. The average Bonchev–Trinajstić information content (AvgIpc) is 3.69. The number of benzene rings is 3. The zero-order valence-electron chi connectivity index (χ0n) is 27.1. The molecule has 2 aliphatic rings. The van der Waals surface area contributed by atoms with Crippen molar-refractivity contribution in [3.8, 4) is 16.9 Å². The van der Waals surface area contributed by atoms with E-state index in [1.807, 2.05) is 37.4 Å². The number of amides is 1. The number of aliphatic hydroxyl groups excluding tert-OH is 1. The molecule has 0 spiro atoms. The van der Waals surface area contributed by atoms with E-state index in [9.17, 15) is 4.79 Å². The fraction of sp³-hybridized carbons (Fsp3) is 0.395. The third-order valence-corrected chi connectivity index (χ3v) is 9.04. The predicted octanol–water partition coefficient (Wildman–Crippen LogP) is 5.50. The number of rotatable bonds is 16. The van der Waals surface area contributed by atoms with Crippen LogP contribution in [0.5, 0.6) is 5.75 Å². The Balaban J connectivity index is 1.23. The number of H-pyrrole nitrogens is 1. The van der Waals surface area contributed by atoms with E-state index in [1.165, 1.54) is 27.8 Å². The quantitative estimate of drug-likeness (QED) is 0.122. The van der Waals surface area contributed by atoms with Crippen molar-refractivity contribution in [3.05, 3.63) is 101 Å². The van der Waals surface area contributed by atoms with Gasteiger partial charge in [-0.3, -0.25) is 4.79 Å². The van der Waals surface area contributed by atoms with Crippen LogP contribution in [0.1, 0.15) is 41.5 Å². The molecule has 1 aliphatic carbocycles. The lowest BCUT2D eigenvalue weighted by atomic mass is 9.78. The maximum Gasteiger partial charge on any atom is 0.286 e. The van der Waals surface area contributed by atoms with Crippen molar-refractivity contribution in [1.82, 2.24) is 10.3 Å². The van der Waals surface area contributed by atoms with Gasteiger partial charge in [-0.15, -0.1) is 0 Å². The molecule has 0 saturated carbocycles. The number of nitrogens with one attached hydrogen (secondary N) is 2. The first kappa shape index (κ1) is 32.8. The molecule has 0 radical (unpaired) electrons. The molecule has 2 heterocycles. The second kappa shape index (κ2) is 15.6. The van der Waals surface area contributed by atoms with E-state index < -0.39 is 6.29 Å². The van der Waals surface area contributed by atoms with E-state index in [-0.39, 0.29) is 30.1 Å². The van der Waals surface area contributed by atoms with Crippen molar-refractivity contribution in [2.45, 2.75) is 38.4 Å². The topological polar surface area (TPSA) is 111 Å². The molecule has 3 N–H and O–H groups in total. The first-order valence-corrected chi connectivity index (χ1v) is 16.5. The molecular formula is C38H44N2O7.